The largest absolute Gasteiger partial charge is 0.247 e. The Morgan fingerprint density at radius 3 is 2.21 bits per heavy atom. The molecule has 0 aromatic heterocycles. The summed E-state index contributed by atoms with van der Waals surface area (Å²) in [6.07, 6.45) is 6.83. The van der Waals surface area contributed by atoms with E-state index in [9.17, 15) is 8.78 Å². The van der Waals surface area contributed by atoms with Crippen LogP contribution in [0.1, 0.15) is 46.5 Å². The van der Waals surface area contributed by atoms with E-state index in [1.54, 1.807) is 11.8 Å². The molecule has 0 amide bonds. The van der Waals surface area contributed by atoms with Crippen molar-refractivity contribution < 1.29 is 8.78 Å². The van der Waals surface area contributed by atoms with Gasteiger partial charge in [-0.2, -0.15) is 0 Å². The first-order valence-corrected chi connectivity index (χ1v) is 8.05. The van der Waals surface area contributed by atoms with Crippen LogP contribution in [0, 0.1) is 11.3 Å². The SMILES string of the molecule is CC(C)(C)C1C=CC(SC2CC(F)CC(F)C2)=CC1. The number of thioether (sulfide) groups is 1. The second-order valence-electron chi connectivity index (χ2n) is 6.82. The fraction of sp³-hybridized carbons (Fsp3) is 0.750. The number of alkyl halides is 2. The van der Waals surface area contributed by atoms with E-state index >= 15 is 0 Å². The number of rotatable bonds is 2. The van der Waals surface area contributed by atoms with Crippen LogP contribution in [-0.4, -0.2) is 17.6 Å². The molecule has 1 fully saturated rings. The summed E-state index contributed by atoms with van der Waals surface area (Å²) in [4.78, 5) is 1.19. The molecule has 1 saturated carbocycles. The summed E-state index contributed by atoms with van der Waals surface area (Å²) in [5.41, 5.74) is 0.280. The summed E-state index contributed by atoms with van der Waals surface area (Å²) >= 11 is 1.66. The molecule has 2 aliphatic rings. The first-order chi connectivity index (χ1) is 8.84. The molecule has 0 bridgehead atoms. The Balaban J connectivity index is 1.88. The highest BCUT2D eigenvalue weighted by atomic mass is 32.2. The summed E-state index contributed by atoms with van der Waals surface area (Å²) in [7, 11) is 0. The maximum Gasteiger partial charge on any atom is 0.104 e. The van der Waals surface area contributed by atoms with Gasteiger partial charge in [0.05, 0.1) is 0 Å². The van der Waals surface area contributed by atoms with E-state index in [1.165, 1.54) is 4.91 Å². The monoisotopic (exact) mass is 286 g/mol. The molecule has 0 aromatic rings. The van der Waals surface area contributed by atoms with Crippen LogP contribution >= 0.6 is 11.8 Å². The van der Waals surface area contributed by atoms with Crippen LogP contribution in [0.5, 0.6) is 0 Å². The Morgan fingerprint density at radius 2 is 1.74 bits per heavy atom. The van der Waals surface area contributed by atoms with Crippen LogP contribution in [0.2, 0.25) is 0 Å². The highest BCUT2D eigenvalue weighted by molar-refractivity contribution is 8.03. The minimum absolute atomic E-state index is 0.0953. The second-order valence-corrected chi connectivity index (χ2v) is 8.19. The molecule has 108 valence electrons. The quantitative estimate of drug-likeness (QED) is 0.650. The zero-order valence-electron chi connectivity index (χ0n) is 12.0. The molecule has 0 spiro atoms. The smallest absolute Gasteiger partial charge is 0.104 e. The van der Waals surface area contributed by atoms with E-state index in [1.807, 2.05) is 0 Å². The van der Waals surface area contributed by atoms with Crippen molar-refractivity contribution in [1.29, 1.82) is 0 Å². The average molecular weight is 286 g/mol. The fourth-order valence-electron chi connectivity index (χ4n) is 2.76. The zero-order valence-corrected chi connectivity index (χ0v) is 12.9. The van der Waals surface area contributed by atoms with Gasteiger partial charge in [-0.05, 0) is 30.6 Å². The van der Waals surface area contributed by atoms with Crippen molar-refractivity contribution in [2.24, 2.45) is 11.3 Å². The molecule has 0 aliphatic heterocycles. The summed E-state index contributed by atoms with van der Waals surface area (Å²) in [5, 5.41) is 0.0980. The van der Waals surface area contributed by atoms with Crippen molar-refractivity contribution in [3.8, 4) is 0 Å². The summed E-state index contributed by atoms with van der Waals surface area (Å²) in [5.74, 6) is 0.561. The van der Waals surface area contributed by atoms with E-state index in [0.717, 1.165) is 6.42 Å². The molecule has 0 nitrogen and oxygen atoms in total. The highest BCUT2D eigenvalue weighted by Crippen LogP contribution is 2.40. The van der Waals surface area contributed by atoms with Crippen LogP contribution in [0.4, 0.5) is 8.78 Å². The fourth-order valence-corrected chi connectivity index (χ4v) is 4.10. The summed E-state index contributed by atoms with van der Waals surface area (Å²) in [6, 6.07) is 0. The lowest BCUT2D eigenvalue weighted by atomic mass is 9.77. The third-order valence-corrected chi connectivity index (χ3v) is 5.32. The van der Waals surface area contributed by atoms with Crippen molar-refractivity contribution in [3.05, 3.63) is 23.1 Å². The van der Waals surface area contributed by atoms with Gasteiger partial charge in [0.2, 0.25) is 0 Å². The Morgan fingerprint density at radius 1 is 1.11 bits per heavy atom. The maximum absolute atomic E-state index is 13.4. The van der Waals surface area contributed by atoms with Crippen LogP contribution < -0.4 is 0 Å². The van der Waals surface area contributed by atoms with Gasteiger partial charge in [-0.3, -0.25) is 0 Å². The molecular weight excluding hydrogens is 262 g/mol. The van der Waals surface area contributed by atoms with Crippen molar-refractivity contribution in [2.45, 2.75) is 64.0 Å². The summed E-state index contributed by atoms with van der Waals surface area (Å²) in [6.45, 7) is 6.74. The van der Waals surface area contributed by atoms with E-state index < -0.39 is 12.3 Å². The molecule has 0 heterocycles. The van der Waals surface area contributed by atoms with Crippen LogP contribution in [-0.2, 0) is 0 Å². The van der Waals surface area contributed by atoms with Gasteiger partial charge in [-0.15, -0.1) is 11.8 Å². The average Bonchev–Trinajstić information content (AvgIpc) is 2.26. The molecule has 3 heteroatoms. The Hall–Kier alpha value is -0.310. The highest BCUT2D eigenvalue weighted by Gasteiger charge is 2.30. The molecule has 3 unspecified atom stereocenters. The lowest BCUT2D eigenvalue weighted by Crippen LogP contribution is -2.26. The molecule has 0 N–H and O–H groups in total. The number of hydrogen-bond acceptors (Lipinski definition) is 1. The van der Waals surface area contributed by atoms with Crippen LogP contribution in [0.15, 0.2) is 23.1 Å². The Bertz CT molecular complexity index is 357. The van der Waals surface area contributed by atoms with Gasteiger partial charge in [0.1, 0.15) is 12.3 Å². The first kappa shape index (κ1) is 15.1. The number of allylic oxidation sites excluding steroid dienone is 3. The lowest BCUT2D eigenvalue weighted by molar-refractivity contribution is 0.163. The molecule has 0 radical (unpaired) electrons. The van der Waals surface area contributed by atoms with Gasteiger partial charge in [-0.1, -0.05) is 39.0 Å². The lowest BCUT2D eigenvalue weighted by Gasteiger charge is -2.31. The van der Waals surface area contributed by atoms with Gasteiger partial charge < -0.3 is 0 Å². The Kier molecular flexibility index (Phi) is 4.75. The molecule has 19 heavy (non-hydrogen) atoms. The number of halogens is 2. The van der Waals surface area contributed by atoms with Crippen LogP contribution in [0.3, 0.4) is 0 Å². The summed E-state index contributed by atoms with van der Waals surface area (Å²) < 4.78 is 26.7. The predicted molar refractivity (Wildman–Crippen MR) is 79.8 cm³/mol. The standard InChI is InChI=1S/C16H24F2S/c1-16(2,3)11-4-6-14(7-5-11)19-15-9-12(17)8-13(18)10-15/h4,6-7,11-13,15H,5,8-10H2,1-3H3. The molecule has 2 aliphatic carbocycles. The molecule has 3 atom stereocenters. The van der Waals surface area contributed by atoms with E-state index in [-0.39, 0.29) is 17.1 Å². The van der Waals surface area contributed by atoms with Crippen molar-refractivity contribution in [1.82, 2.24) is 0 Å². The van der Waals surface area contributed by atoms with Gasteiger partial charge in [0.25, 0.3) is 0 Å². The normalized spacial score (nSPS) is 36.2. The molecular formula is C16H24F2S. The molecule has 2 rings (SSSR count). The third kappa shape index (κ3) is 4.34. The van der Waals surface area contributed by atoms with Gasteiger partial charge in [0.15, 0.2) is 0 Å². The van der Waals surface area contributed by atoms with Crippen molar-refractivity contribution in [2.75, 3.05) is 0 Å². The van der Waals surface area contributed by atoms with E-state index in [2.05, 4.69) is 39.0 Å². The molecule has 0 aromatic carbocycles. The van der Waals surface area contributed by atoms with E-state index in [4.69, 9.17) is 0 Å². The number of hydrogen-bond donors (Lipinski definition) is 0. The molecule has 0 saturated heterocycles. The second kappa shape index (κ2) is 5.99. The minimum Gasteiger partial charge on any atom is -0.247 e. The van der Waals surface area contributed by atoms with Gasteiger partial charge in [-0.25, -0.2) is 8.78 Å². The first-order valence-electron chi connectivity index (χ1n) is 7.17. The van der Waals surface area contributed by atoms with E-state index in [0.29, 0.717) is 18.8 Å². The van der Waals surface area contributed by atoms with Gasteiger partial charge in [0, 0.05) is 16.6 Å². The predicted octanol–water partition coefficient (Wildman–Crippen LogP) is 5.45. The van der Waals surface area contributed by atoms with Crippen molar-refractivity contribution in [3.63, 3.8) is 0 Å². The van der Waals surface area contributed by atoms with Crippen LogP contribution in [0.25, 0.3) is 0 Å². The maximum atomic E-state index is 13.4. The Labute approximate surface area is 119 Å². The van der Waals surface area contributed by atoms with Gasteiger partial charge >= 0.3 is 0 Å². The minimum atomic E-state index is -0.961. The zero-order chi connectivity index (χ0) is 14.0. The third-order valence-electron chi connectivity index (χ3n) is 4.03. The van der Waals surface area contributed by atoms with Crippen molar-refractivity contribution >= 4 is 11.8 Å². The topological polar surface area (TPSA) is 0 Å².